The van der Waals surface area contributed by atoms with Gasteiger partial charge in [0.05, 0.1) is 12.6 Å². The molecule has 7 nitrogen and oxygen atoms in total. The molecule has 2 aromatic carbocycles. The zero-order chi connectivity index (χ0) is 26.8. The van der Waals surface area contributed by atoms with Gasteiger partial charge in [-0.15, -0.1) is 0 Å². The first-order valence-electron chi connectivity index (χ1n) is 13.2. The van der Waals surface area contributed by atoms with Crippen LogP contribution in [0.3, 0.4) is 0 Å². The zero-order valence-corrected chi connectivity index (χ0v) is 22.4. The number of likely N-dealkylation sites (tertiary alicyclic amines) is 1. The van der Waals surface area contributed by atoms with Crippen molar-refractivity contribution in [1.82, 2.24) is 10.2 Å². The number of ether oxygens (including phenoxy) is 2. The predicted molar refractivity (Wildman–Crippen MR) is 143 cm³/mol. The van der Waals surface area contributed by atoms with Gasteiger partial charge in [0.25, 0.3) is 0 Å². The van der Waals surface area contributed by atoms with Gasteiger partial charge in [-0.3, -0.25) is 19.7 Å². The second-order valence-corrected chi connectivity index (χ2v) is 10.5. The van der Waals surface area contributed by atoms with Gasteiger partial charge >= 0.3 is 11.9 Å². The number of hydrogen-bond acceptors (Lipinski definition) is 6. The molecule has 3 atom stereocenters. The molecule has 1 aliphatic rings. The number of esters is 2. The van der Waals surface area contributed by atoms with E-state index in [2.05, 4.69) is 17.4 Å². The monoisotopic (exact) mass is 508 g/mol. The number of nitrogens with one attached hydrogen (secondary N) is 1. The van der Waals surface area contributed by atoms with Crippen molar-refractivity contribution >= 4 is 17.8 Å². The van der Waals surface area contributed by atoms with E-state index in [0.29, 0.717) is 25.8 Å². The first-order chi connectivity index (χ1) is 17.7. The van der Waals surface area contributed by atoms with Crippen molar-refractivity contribution in [2.24, 2.45) is 0 Å². The number of amides is 1. The van der Waals surface area contributed by atoms with E-state index in [0.717, 1.165) is 17.5 Å². The minimum absolute atomic E-state index is 0.0738. The predicted octanol–water partition coefficient (Wildman–Crippen LogP) is 4.26. The van der Waals surface area contributed by atoms with Gasteiger partial charge in [-0.2, -0.15) is 0 Å². The highest BCUT2D eigenvalue weighted by Gasteiger charge is 2.36. The Balaban J connectivity index is 1.80. The summed E-state index contributed by atoms with van der Waals surface area (Å²) in [6.07, 6.45) is 2.46. The van der Waals surface area contributed by atoms with Crippen molar-refractivity contribution in [3.63, 3.8) is 0 Å². The van der Waals surface area contributed by atoms with E-state index < -0.39 is 23.7 Å². The van der Waals surface area contributed by atoms with Crippen LogP contribution in [0.5, 0.6) is 0 Å². The zero-order valence-electron chi connectivity index (χ0n) is 22.4. The quantitative estimate of drug-likeness (QED) is 0.483. The molecule has 3 rings (SSSR count). The molecule has 37 heavy (non-hydrogen) atoms. The van der Waals surface area contributed by atoms with Gasteiger partial charge in [-0.05, 0) is 64.5 Å². The van der Waals surface area contributed by atoms with Crippen LogP contribution < -0.4 is 5.32 Å². The van der Waals surface area contributed by atoms with Gasteiger partial charge in [0.15, 0.2) is 0 Å². The number of hydrogen-bond donors (Lipinski definition) is 1. The number of aryl methyl sites for hydroxylation is 1. The Bertz CT molecular complexity index is 1020. The van der Waals surface area contributed by atoms with Crippen LogP contribution in [-0.2, 0) is 30.3 Å². The van der Waals surface area contributed by atoms with Crippen molar-refractivity contribution in [2.45, 2.75) is 77.0 Å². The molecule has 0 bridgehead atoms. The van der Waals surface area contributed by atoms with E-state index in [1.807, 2.05) is 69.3 Å². The van der Waals surface area contributed by atoms with Gasteiger partial charge < -0.3 is 14.4 Å². The summed E-state index contributed by atoms with van der Waals surface area (Å²) < 4.78 is 10.9. The highest BCUT2D eigenvalue weighted by Crippen LogP contribution is 2.28. The molecule has 0 radical (unpaired) electrons. The van der Waals surface area contributed by atoms with Crippen LogP contribution in [0.2, 0.25) is 0 Å². The summed E-state index contributed by atoms with van der Waals surface area (Å²) in [5, 5.41) is 3.31. The molecule has 0 aromatic heterocycles. The van der Waals surface area contributed by atoms with Gasteiger partial charge in [-0.25, -0.2) is 0 Å². The Labute approximate surface area is 220 Å². The fraction of sp³-hybridized carbons (Fsp3) is 0.500. The lowest BCUT2D eigenvalue weighted by Crippen LogP contribution is -2.53. The van der Waals surface area contributed by atoms with E-state index in [4.69, 9.17) is 9.47 Å². The summed E-state index contributed by atoms with van der Waals surface area (Å²) in [4.78, 5) is 40.8. The number of carbonyl (C=O) groups is 3. The second kappa shape index (κ2) is 13.4. The topological polar surface area (TPSA) is 84.9 Å². The lowest BCUT2D eigenvalue weighted by molar-refractivity contribution is -0.159. The Morgan fingerprint density at radius 3 is 2.30 bits per heavy atom. The highest BCUT2D eigenvalue weighted by molar-refractivity contribution is 5.87. The molecular formula is C30H40N2O5. The summed E-state index contributed by atoms with van der Waals surface area (Å²) in [6, 6.07) is 18.7. The molecule has 0 unspecified atom stereocenters. The van der Waals surface area contributed by atoms with Gasteiger partial charge in [0, 0.05) is 12.5 Å². The van der Waals surface area contributed by atoms with Crippen LogP contribution in [0.15, 0.2) is 60.7 Å². The second-order valence-electron chi connectivity index (χ2n) is 10.5. The molecular weight excluding hydrogens is 468 g/mol. The molecule has 1 aliphatic heterocycles. The van der Waals surface area contributed by atoms with Crippen LogP contribution >= 0.6 is 0 Å². The number of rotatable bonds is 10. The largest absolute Gasteiger partial charge is 0.465 e. The van der Waals surface area contributed by atoms with E-state index in [1.165, 1.54) is 0 Å². The first kappa shape index (κ1) is 28.4. The Morgan fingerprint density at radius 1 is 1.03 bits per heavy atom. The SMILES string of the molecule is CCOC(=O)[C@H](CCc1ccccc1)N[C@@H]1CC[C@@H](c2ccccc2)CN(CC(=O)OC(C)(C)C)C1=O. The minimum Gasteiger partial charge on any atom is -0.465 e. The number of nitrogens with zero attached hydrogens (tertiary/aromatic N) is 1. The van der Waals surface area contributed by atoms with E-state index in [1.54, 1.807) is 11.8 Å². The maximum absolute atomic E-state index is 13.7. The van der Waals surface area contributed by atoms with E-state index in [9.17, 15) is 14.4 Å². The Morgan fingerprint density at radius 2 is 1.68 bits per heavy atom. The summed E-state index contributed by atoms with van der Waals surface area (Å²) in [5.41, 5.74) is 1.59. The first-order valence-corrected chi connectivity index (χ1v) is 13.2. The van der Waals surface area contributed by atoms with E-state index >= 15 is 0 Å². The standard InChI is InChI=1S/C30H40N2O5/c1-5-36-29(35)26(18-16-22-12-8-6-9-13-22)31-25-19-17-24(23-14-10-7-11-15-23)20-32(28(25)34)21-27(33)37-30(2,3)4/h6-15,24-26,31H,5,16-21H2,1-4H3/t24-,25-,26+/m1/s1. The maximum atomic E-state index is 13.7. The van der Waals surface area contributed by atoms with Crippen molar-refractivity contribution in [3.8, 4) is 0 Å². The number of carbonyl (C=O) groups excluding carboxylic acids is 3. The van der Waals surface area contributed by atoms with Gasteiger partial charge in [-0.1, -0.05) is 60.7 Å². The van der Waals surface area contributed by atoms with Gasteiger partial charge in [0.2, 0.25) is 5.91 Å². The fourth-order valence-electron chi connectivity index (χ4n) is 4.69. The molecule has 7 heteroatoms. The van der Waals surface area contributed by atoms with Crippen LogP contribution in [0, 0.1) is 0 Å². The van der Waals surface area contributed by atoms with Crippen molar-refractivity contribution in [1.29, 1.82) is 0 Å². The molecule has 200 valence electrons. The van der Waals surface area contributed by atoms with Crippen LogP contribution in [0.1, 0.15) is 64.0 Å². The molecule has 0 spiro atoms. The number of benzene rings is 2. The van der Waals surface area contributed by atoms with Crippen LogP contribution in [0.25, 0.3) is 0 Å². The molecule has 1 heterocycles. The third-order valence-corrected chi connectivity index (χ3v) is 6.40. The Kier molecular flexibility index (Phi) is 10.3. The van der Waals surface area contributed by atoms with Gasteiger partial charge in [0.1, 0.15) is 18.2 Å². The van der Waals surface area contributed by atoms with Crippen LogP contribution in [-0.4, -0.2) is 60.1 Å². The van der Waals surface area contributed by atoms with Crippen molar-refractivity contribution in [3.05, 3.63) is 71.8 Å². The smallest absolute Gasteiger partial charge is 0.326 e. The maximum Gasteiger partial charge on any atom is 0.326 e. The molecule has 0 saturated carbocycles. The summed E-state index contributed by atoms with van der Waals surface area (Å²) in [7, 11) is 0. The molecule has 0 aliphatic carbocycles. The summed E-state index contributed by atoms with van der Waals surface area (Å²) in [5.74, 6) is -0.934. The average molecular weight is 509 g/mol. The average Bonchev–Trinajstić information content (AvgIpc) is 3.00. The lowest BCUT2D eigenvalue weighted by atomic mass is 9.93. The molecule has 1 fully saturated rings. The Hall–Kier alpha value is -3.19. The van der Waals surface area contributed by atoms with E-state index in [-0.39, 0.29) is 30.9 Å². The summed E-state index contributed by atoms with van der Waals surface area (Å²) >= 11 is 0. The lowest BCUT2D eigenvalue weighted by Gasteiger charge is -2.29. The van der Waals surface area contributed by atoms with Crippen LogP contribution in [0.4, 0.5) is 0 Å². The normalized spacial score (nSPS) is 19.1. The highest BCUT2D eigenvalue weighted by atomic mass is 16.6. The third-order valence-electron chi connectivity index (χ3n) is 6.40. The molecule has 2 aromatic rings. The third kappa shape index (κ3) is 9.01. The molecule has 1 N–H and O–H groups in total. The molecule has 1 saturated heterocycles. The fourth-order valence-corrected chi connectivity index (χ4v) is 4.69. The van der Waals surface area contributed by atoms with Crippen molar-refractivity contribution in [2.75, 3.05) is 19.7 Å². The summed E-state index contributed by atoms with van der Waals surface area (Å²) in [6.45, 7) is 7.74. The van der Waals surface area contributed by atoms with Crippen molar-refractivity contribution < 1.29 is 23.9 Å². The minimum atomic E-state index is -0.644. The molecule has 1 amide bonds.